The number of hydrogen-bond acceptors (Lipinski definition) is 5. The summed E-state index contributed by atoms with van der Waals surface area (Å²) in [5, 5.41) is 9.52. The molecule has 5 nitrogen and oxygen atoms in total. The predicted molar refractivity (Wildman–Crippen MR) is 144 cm³/mol. The Morgan fingerprint density at radius 3 is 2.11 bits per heavy atom. The van der Waals surface area contributed by atoms with Crippen LogP contribution in [0.5, 0.6) is 5.75 Å². The van der Waals surface area contributed by atoms with E-state index in [-0.39, 0.29) is 5.75 Å². The molecule has 3 rings (SSSR count). The van der Waals surface area contributed by atoms with Crippen LogP contribution in [0.4, 0.5) is 0 Å². The van der Waals surface area contributed by atoms with Crippen molar-refractivity contribution >= 4 is 5.97 Å². The molecule has 0 spiro atoms. The fraction of sp³-hybridized carbons (Fsp3) is 0.419. The molecule has 0 amide bonds. The summed E-state index contributed by atoms with van der Waals surface area (Å²) in [6.45, 7) is 4.40. The topological polar surface area (TPSA) is 75.9 Å². The zero-order valence-corrected chi connectivity index (χ0v) is 21.6. The molecule has 36 heavy (non-hydrogen) atoms. The maximum atomic E-state index is 12.7. The third-order valence-electron chi connectivity index (χ3n) is 6.34. The standard InChI is InChI=1S/C31H37N3O2/c1-3-5-7-8-9-11-13-25-22-33-30(34-23-25)26-15-17-27(18-16-26)31(35)36-29-19-14-24(12-10-6-4-2)20-28(29)21-32/h14-20,22-23H,3-13H2,1-2H3. The zero-order chi connectivity index (χ0) is 25.6. The van der Waals surface area contributed by atoms with Gasteiger partial charge in [-0.15, -0.1) is 0 Å². The van der Waals surface area contributed by atoms with Crippen LogP contribution in [-0.4, -0.2) is 15.9 Å². The summed E-state index contributed by atoms with van der Waals surface area (Å²) in [5.41, 5.74) is 3.87. The summed E-state index contributed by atoms with van der Waals surface area (Å²) in [7, 11) is 0. The van der Waals surface area contributed by atoms with Crippen molar-refractivity contribution in [1.29, 1.82) is 5.26 Å². The van der Waals surface area contributed by atoms with E-state index in [4.69, 9.17) is 4.74 Å². The van der Waals surface area contributed by atoms with Gasteiger partial charge in [-0.25, -0.2) is 14.8 Å². The molecule has 0 fully saturated rings. The number of nitrogens with zero attached hydrogens (tertiary/aromatic N) is 3. The molecule has 0 aliphatic heterocycles. The van der Waals surface area contributed by atoms with Crippen molar-refractivity contribution in [3.63, 3.8) is 0 Å². The molecule has 188 valence electrons. The van der Waals surface area contributed by atoms with Crippen molar-refractivity contribution < 1.29 is 9.53 Å². The van der Waals surface area contributed by atoms with E-state index >= 15 is 0 Å². The molecule has 3 aromatic rings. The molecule has 0 atom stereocenters. The first-order valence-corrected chi connectivity index (χ1v) is 13.3. The van der Waals surface area contributed by atoms with Crippen molar-refractivity contribution in [2.75, 3.05) is 0 Å². The van der Waals surface area contributed by atoms with Crippen LogP contribution in [0.15, 0.2) is 54.9 Å². The van der Waals surface area contributed by atoms with Crippen LogP contribution in [0.2, 0.25) is 0 Å². The molecule has 0 bridgehead atoms. The minimum atomic E-state index is -0.494. The predicted octanol–water partition coefficient (Wildman–Crippen LogP) is 7.87. The van der Waals surface area contributed by atoms with Gasteiger partial charge in [-0.1, -0.05) is 77.0 Å². The fourth-order valence-corrected chi connectivity index (χ4v) is 4.14. The molecule has 5 heteroatoms. The van der Waals surface area contributed by atoms with Gasteiger partial charge in [-0.2, -0.15) is 5.26 Å². The Morgan fingerprint density at radius 2 is 1.42 bits per heavy atom. The van der Waals surface area contributed by atoms with Gasteiger partial charge in [0.25, 0.3) is 0 Å². The Kier molecular flexibility index (Phi) is 11.1. The van der Waals surface area contributed by atoms with E-state index in [2.05, 4.69) is 29.9 Å². The molecule has 1 aromatic heterocycles. The number of carbonyl (C=O) groups excluding carboxylic acids is 1. The number of aryl methyl sites for hydroxylation is 2. The minimum absolute atomic E-state index is 0.287. The maximum Gasteiger partial charge on any atom is 0.343 e. The van der Waals surface area contributed by atoms with Crippen molar-refractivity contribution in [1.82, 2.24) is 9.97 Å². The molecule has 0 radical (unpaired) electrons. The normalized spacial score (nSPS) is 10.7. The molecule has 1 heterocycles. The SMILES string of the molecule is CCCCCCCCc1cnc(-c2ccc(C(=O)Oc3ccc(CCCCC)cc3C#N)cc2)nc1. The van der Waals surface area contributed by atoms with Crippen molar-refractivity contribution in [3.05, 3.63) is 77.1 Å². The number of ether oxygens (including phenoxy) is 1. The van der Waals surface area contributed by atoms with Crippen LogP contribution < -0.4 is 4.74 Å². The lowest BCUT2D eigenvalue weighted by Crippen LogP contribution is -2.09. The summed E-state index contributed by atoms with van der Waals surface area (Å²) in [6, 6.07) is 14.7. The number of aromatic nitrogens is 2. The van der Waals surface area contributed by atoms with E-state index in [1.807, 2.05) is 36.7 Å². The summed E-state index contributed by atoms with van der Waals surface area (Å²) < 4.78 is 5.54. The van der Waals surface area contributed by atoms with Gasteiger partial charge in [0.15, 0.2) is 5.82 Å². The smallest absolute Gasteiger partial charge is 0.343 e. The van der Waals surface area contributed by atoms with E-state index in [1.165, 1.54) is 38.5 Å². The van der Waals surface area contributed by atoms with Crippen molar-refractivity contribution in [3.8, 4) is 23.2 Å². The number of hydrogen-bond donors (Lipinski definition) is 0. The number of carbonyl (C=O) groups is 1. The number of unbranched alkanes of at least 4 members (excludes halogenated alkanes) is 7. The Morgan fingerprint density at radius 1 is 0.806 bits per heavy atom. The van der Waals surface area contributed by atoms with Crippen LogP contribution in [0.25, 0.3) is 11.4 Å². The molecule has 0 saturated heterocycles. The van der Waals surface area contributed by atoms with Crippen LogP contribution in [-0.2, 0) is 12.8 Å². The monoisotopic (exact) mass is 483 g/mol. The van der Waals surface area contributed by atoms with Crippen molar-refractivity contribution in [2.45, 2.75) is 84.5 Å². The highest BCUT2D eigenvalue weighted by Crippen LogP contribution is 2.23. The van der Waals surface area contributed by atoms with E-state index < -0.39 is 5.97 Å². The number of esters is 1. The molecule has 0 aliphatic carbocycles. The van der Waals surface area contributed by atoms with Gasteiger partial charge in [-0.05, 0) is 61.1 Å². The van der Waals surface area contributed by atoms with E-state index in [1.54, 1.807) is 18.2 Å². The number of nitriles is 1. The average molecular weight is 484 g/mol. The van der Waals surface area contributed by atoms with Gasteiger partial charge >= 0.3 is 5.97 Å². The lowest BCUT2D eigenvalue weighted by molar-refractivity contribution is 0.0734. The quantitative estimate of drug-likeness (QED) is 0.132. The summed E-state index contributed by atoms with van der Waals surface area (Å²) >= 11 is 0. The zero-order valence-electron chi connectivity index (χ0n) is 21.6. The second kappa shape index (κ2) is 14.8. The fourth-order valence-electron chi connectivity index (χ4n) is 4.14. The molecule has 0 saturated carbocycles. The molecule has 0 N–H and O–H groups in total. The lowest BCUT2D eigenvalue weighted by atomic mass is 10.0. The first-order chi connectivity index (χ1) is 17.6. The van der Waals surface area contributed by atoms with Crippen LogP contribution in [0.3, 0.4) is 0 Å². The highest BCUT2D eigenvalue weighted by molar-refractivity contribution is 5.91. The summed E-state index contributed by atoms with van der Waals surface area (Å²) in [6.07, 6.45) is 16.7. The Hall–Kier alpha value is -3.52. The van der Waals surface area contributed by atoms with E-state index in [0.717, 1.165) is 48.8 Å². The molecule has 0 aliphatic rings. The summed E-state index contributed by atoms with van der Waals surface area (Å²) in [4.78, 5) is 21.7. The Labute approximate surface area is 215 Å². The number of benzene rings is 2. The largest absolute Gasteiger partial charge is 0.422 e. The van der Waals surface area contributed by atoms with Gasteiger partial charge < -0.3 is 4.74 Å². The highest BCUT2D eigenvalue weighted by Gasteiger charge is 2.13. The first kappa shape index (κ1) is 27.1. The average Bonchev–Trinajstić information content (AvgIpc) is 2.92. The van der Waals surface area contributed by atoms with Gasteiger partial charge in [0, 0.05) is 18.0 Å². The molecular formula is C31H37N3O2. The molecule has 0 unspecified atom stereocenters. The third kappa shape index (κ3) is 8.30. The van der Waals surface area contributed by atoms with Gasteiger partial charge in [0.1, 0.15) is 11.8 Å². The molecular weight excluding hydrogens is 446 g/mol. The Balaban J connectivity index is 1.56. The highest BCUT2D eigenvalue weighted by atomic mass is 16.5. The van der Waals surface area contributed by atoms with Gasteiger partial charge in [-0.3, -0.25) is 0 Å². The maximum absolute atomic E-state index is 12.7. The lowest BCUT2D eigenvalue weighted by Gasteiger charge is -2.09. The van der Waals surface area contributed by atoms with Gasteiger partial charge in [0.05, 0.1) is 11.1 Å². The number of rotatable bonds is 14. The van der Waals surface area contributed by atoms with Crippen LogP contribution in [0, 0.1) is 11.3 Å². The van der Waals surface area contributed by atoms with Crippen molar-refractivity contribution in [2.24, 2.45) is 0 Å². The summed E-state index contributed by atoms with van der Waals surface area (Å²) in [5.74, 6) is 0.425. The third-order valence-corrected chi connectivity index (χ3v) is 6.34. The van der Waals surface area contributed by atoms with Gasteiger partial charge in [0.2, 0.25) is 0 Å². The van der Waals surface area contributed by atoms with E-state index in [0.29, 0.717) is 17.0 Å². The minimum Gasteiger partial charge on any atom is -0.422 e. The van der Waals surface area contributed by atoms with E-state index in [9.17, 15) is 10.1 Å². The Bertz CT molecular complexity index is 1130. The second-order valence-corrected chi connectivity index (χ2v) is 9.30. The first-order valence-electron chi connectivity index (χ1n) is 13.3. The molecule has 2 aromatic carbocycles. The van der Waals surface area contributed by atoms with Crippen LogP contribution in [0.1, 0.15) is 98.7 Å². The second-order valence-electron chi connectivity index (χ2n) is 9.30. The van der Waals surface area contributed by atoms with Crippen LogP contribution >= 0.6 is 0 Å².